The number of amides is 1. The summed E-state index contributed by atoms with van der Waals surface area (Å²) in [5, 5.41) is 11.8. The molecule has 1 unspecified atom stereocenters. The minimum absolute atomic E-state index is 0.165. The standard InChI is InChI=1S/C23H22N2O3/c1-3-16(2)17-8-10-19(11-9-17)27-15-20-12-13-22(28-20)23(26)25-21-7-5-4-6-18(21)14-24/h4-13,16H,3,15H2,1-2H3,(H,25,26). The Labute approximate surface area is 164 Å². The summed E-state index contributed by atoms with van der Waals surface area (Å²) in [6.45, 7) is 4.59. The van der Waals surface area contributed by atoms with Crippen LogP contribution in [0, 0.1) is 11.3 Å². The monoisotopic (exact) mass is 374 g/mol. The number of nitrogens with one attached hydrogen (secondary N) is 1. The number of anilines is 1. The minimum atomic E-state index is -0.410. The van der Waals surface area contributed by atoms with Gasteiger partial charge < -0.3 is 14.5 Å². The quantitative estimate of drug-likeness (QED) is 0.593. The molecule has 0 saturated heterocycles. The molecule has 3 rings (SSSR count). The van der Waals surface area contributed by atoms with Gasteiger partial charge in [0.05, 0.1) is 11.3 Å². The molecule has 0 aliphatic carbocycles. The van der Waals surface area contributed by atoms with Crippen molar-refractivity contribution in [2.75, 3.05) is 5.32 Å². The maximum absolute atomic E-state index is 12.3. The second-order valence-corrected chi connectivity index (χ2v) is 6.54. The van der Waals surface area contributed by atoms with Crippen molar-refractivity contribution in [2.24, 2.45) is 0 Å². The second-order valence-electron chi connectivity index (χ2n) is 6.54. The molecule has 3 aromatic rings. The third kappa shape index (κ3) is 4.60. The van der Waals surface area contributed by atoms with Crippen molar-refractivity contribution >= 4 is 11.6 Å². The smallest absolute Gasteiger partial charge is 0.291 e. The summed E-state index contributed by atoms with van der Waals surface area (Å²) < 4.78 is 11.3. The Morgan fingerprint density at radius 1 is 1.14 bits per heavy atom. The average Bonchev–Trinajstić information content (AvgIpc) is 3.21. The highest BCUT2D eigenvalue weighted by molar-refractivity contribution is 6.03. The van der Waals surface area contributed by atoms with Crippen LogP contribution < -0.4 is 10.1 Å². The Balaban J connectivity index is 1.59. The largest absolute Gasteiger partial charge is 0.486 e. The van der Waals surface area contributed by atoms with E-state index in [4.69, 9.17) is 14.4 Å². The molecule has 5 nitrogen and oxygen atoms in total. The van der Waals surface area contributed by atoms with Gasteiger partial charge in [-0.15, -0.1) is 0 Å². The summed E-state index contributed by atoms with van der Waals surface area (Å²) in [4.78, 5) is 12.3. The number of hydrogen-bond acceptors (Lipinski definition) is 4. The van der Waals surface area contributed by atoms with Crippen LogP contribution in [0.1, 0.15) is 53.6 Å². The van der Waals surface area contributed by atoms with E-state index in [1.807, 2.05) is 18.2 Å². The summed E-state index contributed by atoms with van der Waals surface area (Å²) in [5.74, 6) is 1.57. The third-order valence-corrected chi connectivity index (χ3v) is 4.62. The lowest BCUT2D eigenvalue weighted by atomic mass is 9.99. The van der Waals surface area contributed by atoms with E-state index in [9.17, 15) is 4.79 Å². The van der Waals surface area contributed by atoms with Gasteiger partial charge in [0.2, 0.25) is 0 Å². The molecule has 28 heavy (non-hydrogen) atoms. The highest BCUT2D eigenvalue weighted by atomic mass is 16.5. The van der Waals surface area contributed by atoms with Gasteiger partial charge in [-0.25, -0.2) is 0 Å². The molecule has 1 aromatic heterocycles. The lowest BCUT2D eigenvalue weighted by Gasteiger charge is -2.10. The van der Waals surface area contributed by atoms with Crippen LogP contribution in [0.2, 0.25) is 0 Å². The fourth-order valence-corrected chi connectivity index (χ4v) is 2.73. The molecule has 0 saturated carbocycles. The molecule has 0 spiro atoms. The molecule has 0 bridgehead atoms. The number of furan rings is 1. The molecule has 1 heterocycles. The fourth-order valence-electron chi connectivity index (χ4n) is 2.73. The van der Waals surface area contributed by atoms with E-state index in [0.717, 1.165) is 12.2 Å². The number of nitriles is 1. The van der Waals surface area contributed by atoms with Crippen molar-refractivity contribution in [3.63, 3.8) is 0 Å². The first-order valence-corrected chi connectivity index (χ1v) is 9.22. The SMILES string of the molecule is CCC(C)c1ccc(OCc2ccc(C(=O)Nc3ccccc3C#N)o2)cc1. The molecular weight excluding hydrogens is 352 g/mol. The van der Waals surface area contributed by atoms with Crippen LogP contribution in [-0.2, 0) is 6.61 Å². The van der Waals surface area contributed by atoms with E-state index in [-0.39, 0.29) is 12.4 Å². The van der Waals surface area contributed by atoms with Gasteiger partial charge in [-0.2, -0.15) is 5.26 Å². The first-order chi connectivity index (χ1) is 13.6. The lowest BCUT2D eigenvalue weighted by molar-refractivity contribution is 0.0992. The minimum Gasteiger partial charge on any atom is -0.486 e. The molecule has 142 valence electrons. The number of nitrogens with zero attached hydrogens (tertiary/aromatic N) is 1. The van der Waals surface area contributed by atoms with Crippen LogP contribution in [0.4, 0.5) is 5.69 Å². The van der Waals surface area contributed by atoms with Gasteiger partial charge in [0.25, 0.3) is 5.91 Å². The van der Waals surface area contributed by atoms with E-state index < -0.39 is 5.91 Å². The zero-order chi connectivity index (χ0) is 19.9. The summed E-state index contributed by atoms with van der Waals surface area (Å²) in [5.41, 5.74) is 2.13. The number of carbonyl (C=O) groups is 1. The Morgan fingerprint density at radius 3 is 2.61 bits per heavy atom. The predicted octanol–water partition coefficient (Wildman–Crippen LogP) is 5.50. The fraction of sp³-hybridized carbons (Fsp3) is 0.217. The van der Waals surface area contributed by atoms with E-state index >= 15 is 0 Å². The maximum Gasteiger partial charge on any atom is 0.291 e. The highest BCUT2D eigenvalue weighted by Crippen LogP contribution is 2.22. The van der Waals surface area contributed by atoms with Gasteiger partial charge in [0.15, 0.2) is 5.76 Å². The number of para-hydroxylation sites is 1. The molecular formula is C23H22N2O3. The van der Waals surface area contributed by atoms with Gasteiger partial charge >= 0.3 is 0 Å². The molecule has 1 atom stereocenters. The Kier molecular flexibility index (Phi) is 6.13. The number of hydrogen-bond donors (Lipinski definition) is 1. The van der Waals surface area contributed by atoms with Crippen molar-refractivity contribution in [1.82, 2.24) is 0 Å². The molecule has 0 fully saturated rings. The molecule has 0 aliphatic rings. The van der Waals surface area contributed by atoms with Crippen LogP contribution in [0.15, 0.2) is 65.1 Å². The van der Waals surface area contributed by atoms with Crippen LogP contribution in [0.3, 0.4) is 0 Å². The van der Waals surface area contributed by atoms with Crippen LogP contribution in [-0.4, -0.2) is 5.91 Å². The van der Waals surface area contributed by atoms with Gasteiger partial charge in [-0.05, 0) is 54.3 Å². The van der Waals surface area contributed by atoms with E-state index in [0.29, 0.717) is 22.9 Å². The zero-order valence-corrected chi connectivity index (χ0v) is 15.9. The van der Waals surface area contributed by atoms with Crippen LogP contribution >= 0.6 is 0 Å². The van der Waals surface area contributed by atoms with Gasteiger partial charge in [-0.3, -0.25) is 4.79 Å². The molecule has 2 aromatic carbocycles. The summed E-state index contributed by atoms with van der Waals surface area (Å²) in [6.07, 6.45) is 1.09. The second kappa shape index (κ2) is 8.92. The first-order valence-electron chi connectivity index (χ1n) is 9.22. The number of ether oxygens (including phenoxy) is 1. The first kappa shape index (κ1) is 19.2. The van der Waals surface area contributed by atoms with Gasteiger partial charge in [0, 0.05) is 0 Å². The maximum atomic E-state index is 12.3. The molecule has 1 N–H and O–H groups in total. The lowest BCUT2D eigenvalue weighted by Crippen LogP contribution is -2.11. The number of benzene rings is 2. The van der Waals surface area contributed by atoms with Gasteiger partial charge in [0.1, 0.15) is 24.2 Å². The molecule has 5 heteroatoms. The predicted molar refractivity (Wildman–Crippen MR) is 107 cm³/mol. The highest BCUT2D eigenvalue weighted by Gasteiger charge is 2.13. The van der Waals surface area contributed by atoms with Gasteiger partial charge in [-0.1, -0.05) is 38.1 Å². The summed E-state index contributed by atoms with van der Waals surface area (Å²) >= 11 is 0. The average molecular weight is 374 g/mol. The van der Waals surface area contributed by atoms with E-state index in [1.54, 1.807) is 36.4 Å². The van der Waals surface area contributed by atoms with Crippen molar-refractivity contribution in [2.45, 2.75) is 32.8 Å². The number of carbonyl (C=O) groups excluding carboxylic acids is 1. The zero-order valence-electron chi connectivity index (χ0n) is 15.9. The Bertz CT molecular complexity index is 984. The Hall–Kier alpha value is -3.52. The van der Waals surface area contributed by atoms with Crippen LogP contribution in [0.25, 0.3) is 0 Å². The molecule has 0 radical (unpaired) electrons. The third-order valence-electron chi connectivity index (χ3n) is 4.62. The van der Waals surface area contributed by atoms with Crippen LogP contribution in [0.5, 0.6) is 5.75 Å². The Morgan fingerprint density at radius 2 is 1.89 bits per heavy atom. The van der Waals surface area contributed by atoms with Crippen molar-refractivity contribution in [3.05, 3.63) is 83.3 Å². The molecule has 0 aliphatic heterocycles. The van der Waals surface area contributed by atoms with Crippen molar-refractivity contribution in [1.29, 1.82) is 5.26 Å². The summed E-state index contributed by atoms with van der Waals surface area (Å²) in [7, 11) is 0. The molecule has 1 amide bonds. The van der Waals surface area contributed by atoms with E-state index in [1.165, 1.54) is 5.56 Å². The number of rotatable bonds is 7. The van der Waals surface area contributed by atoms with Crippen molar-refractivity contribution < 1.29 is 13.9 Å². The van der Waals surface area contributed by atoms with Crippen molar-refractivity contribution in [3.8, 4) is 11.8 Å². The van der Waals surface area contributed by atoms with E-state index in [2.05, 4.69) is 31.3 Å². The topological polar surface area (TPSA) is 75.3 Å². The normalized spacial score (nSPS) is 11.5. The summed E-state index contributed by atoms with van der Waals surface area (Å²) in [6, 6.07) is 20.2.